The minimum absolute atomic E-state index is 0.432. The Morgan fingerprint density at radius 3 is 3.07 bits per heavy atom. The van der Waals surface area contributed by atoms with Crippen LogP contribution >= 0.6 is 12.2 Å². The molecule has 1 saturated heterocycles. The predicted molar refractivity (Wildman–Crippen MR) is 62.4 cm³/mol. The fourth-order valence-corrected chi connectivity index (χ4v) is 2.12. The summed E-state index contributed by atoms with van der Waals surface area (Å²) in [5.41, 5.74) is 5.66. The van der Waals surface area contributed by atoms with Crippen molar-refractivity contribution < 1.29 is 4.74 Å². The summed E-state index contributed by atoms with van der Waals surface area (Å²) in [6.07, 6.45) is 3.48. The highest BCUT2D eigenvalue weighted by Gasteiger charge is 2.20. The second-order valence-corrected chi connectivity index (χ2v) is 4.36. The van der Waals surface area contributed by atoms with Crippen LogP contribution in [0.4, 0.5) is 0 Å². The zero-order valence-electron chi connectivity index (χ0n) is 8.87. The standard InChI is InChI=1S/C10H20N2OS/c1-13-7-3-6-12-5-2-4-9(8-12)10(11)14/h9H,2-8H2,1H3,(H2,11,14). The molecular formula is C10H20N2OS. The monoisotopic (exact) mass is 216 g/mol. The van der Waals surface area contributed by atoms with Gasteiger partial charge in [-0.25, -0.2) is 0 Å². The Balaban J connectivity index is 2.22. The summed E-state index contributed by atoms with van der Waals surface area (Å²) in [5.74, 6) is 0.432. The molecule has 0 spiro atoms. The quantitative estimate of drug-likeness (QED) is 0.550. The summed E-state index contributed by atoms with van der Waals surface area (Å²) in [5, 5.41) is 0. The molecule has 4 heteroatoms. The second kappa shape index (κ2) is 6.32. The predicted octanol–water partition coefficient (Wildman–Crippen LogP) is 1.02. The van der Waals surface area contributed by atoms with Gasteiger partial charge in [-0.15, -0.1) is 0 Å². The van der Waals surface area contributed by atoms with Crippen LogP contribution in [0.15, 0.2) is 0 Å². The van der Waals surface area contributed by atoms with E-state index in [9.17, 15) is 0 Å². The Hall–Kier alpha value is -0.190. The first kappa shape index (κ1) is 11.9. The molecule has 1 rings (SSSR count). The molecule has 1 aliphatic rings. The number of hydrogen-bond donors (Lipinski definition) is 1. The van der Waals surface area contributed by atoms with E-state index in [0.717, 1.165) is 32.5 Å². The number of methoxy groups -OCH3 is 1. The Labute approximate surface area is 91.6 Å². The number of ether oxygens (including phenoxy) is 1. The number of hydrogen-bond acceptors (Lipinski definition) is 3. The van der Waals surface area contributed by atoms with E-state index in [0.29, 0.717) is 10.9 Å². The summed E-state index contributed by atoms with van der Waals surface area (Å²) in [6, 6.07) is 0. The van der Waals surface area contributed by atoms with E-state index in [1.54, 1.807) is 7.11 Å². The molecule has 1 atom stereocenters. The number of thiocarbonyl (C=S) groups is 1. The van der Waals surface area contributed by atoms with Gasteiger partial charge >= 0.3 is 0 Å². The van der Waals surface area contributed by atoms with Crippen molar-refractivity contribution in [2.45, 2.75) is 19.3 Å². The summed E-state index contributed by atoms with van der Waals surface area (Å²) in [4.78, 5) is 3.12. The molecule has 1 fully saturated rings. The summed E-state index contributed by atoms with van der Waals surface area (Å²) in [7, 11) is 1.74. The van der Waals surface area contributed by atoms with Crippen molar-refractivity contribution in [1.82, 2.24) is 4.90 Å². The lowest BCUT2D eigenvalue weighted by molar-refractivity contribution is 0.154. The van der Waals surface area contributed by atoms with Gasteiger partial charge < -0.3 is 15.4 Å². The zero-order chi connectivity index (χ0) is 10.4. The molecule has 0 aromatic carbocycles. The lowest BCUT2D eigenvalue weighted by Crippen LogP contribution is -2.41. The summed E-state index contributed by atoms with van der Waals surface area (Å²) in [6.45, 7) is 4.17. The SMILES string of the molecule is COCCCN1CCCC(C(N)=S)C1. The molecule has 2 N–H and O–H groups in total. The van der Waals surface area contributed by atoms with E-state index >= 15 is 0 Å². The third-order valence-corrected chi connectivity index (χ3v) is 3.06. The second-order valence-electron chi connectivity index (χ2n) is 3.89. The fourth-order valence-electron chi connectivity index (χ4n) is 1.92. The number of piperidine rings is 1. The third kappa shape index (κ3) is 3.90. The first-order valence-corrected chi connectivity index (χ1v) is 5.65. The van der Waals surface area contributed by atoms with E-state index in [4.69, 9.17) is 22.7 Å². The van der Waals surface area contributed by atoms with E-state index < -0.39 is 0 Å². The molecule has 1 aliphatic heterocycles. The van der Waals surface area contributed by atoms with E-state index in [2.05, 4.69) is 4.90 Å². The van der Waals surface area contributed by atoms with E-state index in [1.165, 1.54) is 13.0 Å². The number of nitrogens with two attached hydrogens (primary N) is 1. The minimum Gasteiger partial charge on any atom is -0.393 e. The van der Waals surface area contributed by atoms with Gasteiger partial charge in [0.25, 0.3) is 0 Å². The van der Waals surface area contributed by atoms with Crippen LogP contribution in [-0.2, 0) is 4.74 Å². The van der Waals surface area contributed by atoms with Crippen LogP contribution in [-0.4, -0.2) is 43.2 Å². The first-order chi connectivity index (χ1) is 6.74. The average molecular weight is 216 g/mol. The van der Waals surface area contributed by atoms with Crippen LogP contribution in [0.1, 0.15) is 19.3 Å². The van der Waals surface area contributed by atoms with Gasteiger partial charge in [0.1, 0.15) is 0 Å². The molecule has 14 heavy (non-hydrogen) atoms. The van der Waals surface area contributed by atoms with Gasteiger partial charge in [-0.05, 0) is 25.8 Å². The molecule has 0 aromatic rings. The topological polar surface area (TPSA) is 38.5 Å². The van der Waals surface area contributed by atoms with Crippen LogP contribution in [0.2, 0.25) is 0 Å². The first-order valence-electron chi connectivity index (χ1n) is 5.24. The molecule has 0 bridgehead atoms. The number of rotatable bonds is 5. The maximum Gasteiger partial charge on any atom is 0.0771 e. The molecule has 0 aromatic heterocycles. The maximum absolute atomic E-state index is 5.66. The van der Waals surface area contributed by atoms with Crippen molar-refractivity contribution >= 4 is 17.2 Å². The van der Waals surface area contributed by atoms with Crippen LogP contribution in [0.25, 0.3) is 0 Å². The Morgan fingerprint density at radius 2 is 2.43 bits per heavy atom. The highest BCUT2D eigenvalue weighted by Crippen LogP contribution is 2.16. The molecule has 0 radical (unpaired) electrons. The lowest BCUT2D eigenvalue weighted by Gasteiger charge is -2.32. The molecule has 3 nitrogen and oxygen atoms in total. The maximum atomic E-state index is 5.66. The van der Waals surface area contributed by atoms with Crippen molar-refractivity contribution in [2.24, 2.45) is 11.7 Å². The molecule has 1 heterocycles. The average Bonchev–Trinajstić information content (AvgIpc) is 2.19. The van der Waals surface area contributed by atoms with Crippen molar-refractivity contribution in [1.29, 1.82) is 0 Å². The smallest absolute Gasteiger partial charge is 0.0771 e. The Bertz CT molecular complexity index is 187. The van der Waals surface area contributed by atoms with Gasteiger partial charge in [-0.1, -0.05) is 12.2 Å². The van der Waals surface area contributed by atoms with E-state index in [1.807, 2.05) is 0 Å². The van der Waals surface area contributed by atoms with Crippen LogP contribution < -0.4 is 5.73 Å². The van der Waals surface area contributed by atoms with Crippen molar-refractivity contribution in [3.63, 3.8) is 0 Å². The molecule has 1 unspecified atom stereocenters. The van der Waals surface area contributed by atoms with Gasteiger partial charge in [0, 0.05) is 32.7 Å². The fraction of sp³-hybridized carbons (Fsp3) is 0.900. The Morgan fingerprint density at radius 1 is 1.64 bits per heavy atom. The van der Waals surface area contributed by atoms with E-state index in [-0.39, 0.29) is 0 Å². The molecule has 0 aliphatic carbocycles. The highest BCUT2D eigenvalue weighted by atomic mass is 32.1. The highest BCUT2D eigenvalue weighted by molar-refractivity contribution is 7.80. The number of likely N-dealkylation sites (tertiary alicyclic amines) is 1. The lowest BCUT2D eigenvalue weighted by atomic mass is 9.98. The Kier molecular flexibility index (Phi) is 5.37. The van der Waals surface area contributed by atoms with Crippen LogP contribution in [0.5, 0.6) is 0 Å². The summed E-state index contributed by atoms with van der Waals surface area (Å²) >= 11 is 5.03. The molecule has 0 amide bonds. The van der Waals surface area contributed by atoms with Gasteiger partial charge in [0.2, 0.25) is 0 Å². The van der Waals surface area contributed by atoms with Crippen molar-refractivity contribution in [2.75, 3.05) is 33.4 Å². The largest absolute Gasteiger partial charge is 0.393 e. The molecular weight excluding hydrogens is 196 g/mol. The summed E-state index contributed by atoms with van der Waals surface area (Å²) < 4.78 is 5.03. The molecule has 0 saturated carbocycles. The van der Waals surface area contributed by atoms with Crippen LogP contribution in [0, 0.1) is 5.92 Å². The van der Waals surface area contributed by atoms with Gasteiger partial charge in [-0.2, -0.15) is 0 Å². The number of nitrogens with zero attached hydrogens (tertiary/aromatic N) is 1. The molecule has 82 valence electrons. The van der Waals surface area contributed by atoms with Crippen LogP contribution in [0.3, 0.4) is 0 Å². The van der Waals surface area contributed by atoms with Gasteiger partial charge in [-0.3, -0.25) is 0 Å². The normalized spacial score (nSPS) is 23.6. The van der Waals surface area contributed by atoms with Crippen molar-refractivity contribution in [3.8, 4) is 0 Å². The van der Waals surface area contributed by atoms with Crippen molar-refractivity contribution in [3.05, 3.63) is 0 Å². The zero-order valence-corrected chi connectivity index (χ0v) is 9.68. The minimum atomic E-state index is 0.432. The third-order valence-electron chi connectivity index (χ3n) is 2.73. The van der Waals surface area contributed by atoms with Gasteiger partial charge in [0.15, 0.2) is 0 Å². The van der Waals surface area contributed by atoms with Gasteiger partial charge in [0.05, 0.1) is 4.99 Å².